The van der Waals surface area contributed by atoms with Crippen LogP contribution in [0.2, 0.25) is 0 Å². The minimum absolute atomic E-state index is 0.367. The van der Waals surface area contributed by atoms with Gasteiger partial charge in [-0.15, -0.1) is 0 Å². The van der Waals surface area contributed by atoms with Crippen LogP contribution in [-0.2, 0) is 19.3 Å². The summed E-state index contributed by atoms with van der Waals surface area (Å²) in [7, 11) is 0. The number of Topliss-reactive ketones (excluding diaryl/α,β-unsaturated/α-hetero) is 1. The van der Waals surface area contributed by atoms with Gasteiger partial charge in [0, 0.05) is 12.0 Å². The van der Waals surface area contributed by atoms with E-state index in [9.17, 15) is 4.79 Å². The standard InChI is InChI=1S/C19H28O/c1-3-5-9-17-13-15-10-7-8-11-16(15)14-18(17)19(20)12-6-4-2/h13-14H,3-12H2,1-2H3. The predicted molar refractivity (Wildman–Crippen MR) is 85.6 cm³/mol. The Kier molecular flexibility index (Phi) is 5.82. The van der Waals surface area contributed by atoms with Gasteiger partial charge in [0.1, 0.15) is 0 Å². The SMILES string of the molecule is CCCCC(=O)c1cc2c(cc1CCCC)CCCC2. The molecule has 1 aliphatic carbocycles. The first-order valence-electron chi connectivity index (χ1n) is 8.44. The Hall–Kier alpha value is -1.11. The second-order valence-corrected chi connectivity index (χ2v) is 6.12. The maximum Gasteiger partial charge on any atom is 0.163 e. The molecule has 0 radical (unpaired) electrons. The molecule has 0 amide bonds. The zero-order valence-corrected chi connectivity index (χ0v) is 13.1. The summed E-state index contributed by atoms with van der Waals surface area (Å²) >= 11 is 0. The van der Waals surface area contributed by atoms with E-state index in [2.05, 4.69) is 26.0 Å². The van der Waals surface area contributed by atoms with Crippen LogP contribution in [0.5, 0.6) is 0 Å². The largest absolute Gasteiger partial charge is 0.294 e. The summed E-state index contributed by atoms with van der Waals surface area (Å²) in [6.45, 7) is 4.37. The summed E-state index contributed by atoms with van der Waals surface area (Å²) in [5.74, 6) is 0.367. The summed E-state index contributed by atoms with van der Waals surface area (Å²) in [4.78, 5) is 12.5. The van der Waals surface area contributed by atoms with Crippen molar-refractivity contribution in [2.45, 2.75) is 78.1 Å². The number of hydrogen-bond acceptors (Lipinski definition) is 1. The minimum atomic E-state index is 0.367. The molecule has 2 rings (SSSR count). The van der Waals surface area contributed by atoms with E-state index in [-0.39, 0.29) is 0 Å². The molecule has 0 spiro atoms. The van der Waals surface area contributed by atoms with Gasteiger partial charge in [-0.3, -0.25) is 4.79 Å². The lowest BCUT2D eigenvalue weighted by Crippen LogP contribution is -2.10. The highest BCUT2D eigenvalue weighted by molar-refractivity contribution is 5.97. The number of aryl methyl sites for hydroxylation is 3. The number of fused-ring (bicyclic) bond motifs is 1. The number of unbranched alkanes of at least 4 members (excludes halogenated alkanes) is 2. The second-order valence-electron chi connectivity index (χ2n) is 6.12. The quantitative estimate of drug-likeness (QED) is 0.617. The summed E-state index contributed by atoms with van der Waals surface area (Å²) in [5.41, 5.74) is 5.30. The molecule has 20 heavy (non-hydrogen) atoms. The smallest absolute Gasteiger partial charge is 0.163 e. The van der Waals surface area contributed by atoms with Crippen LogP contribution in [0.25, 0.3) is 0 Å². The van der Waals surface area contributed by atoms with Gasteiger partial charge in [0.05, 0.1) is 0 Å². The van der Waals surface area contributed by atoms with Crippen LogP contribution >= 0.6 is 0 Å². The third kappa shape index (κ3) is 3.71. The van der Waals surface area contributed by atoms with Crippen LogP contribution in [0.4, 0.5) is 0 Å². The molecule has 0 fully saturated rings. The number of carbonyl (C=O) groups excluding carboxylic acids is 1. The van der Waals surface area contributed by atoms with Crippen molar-refractivity contribution in [1.29, 1.82) is 0 Å². The van der Waals surface area contributed by atoms with Crippen molar-refractivity contribution in [2.75, 3.05) is 0 Å². The Morgan fingerprint density at radius 2 is 1.65 bits per heavy atom. The van der Waals surface area contributed by atoms with Gasteiger partial charge in [0.15, 0.2) is 5.78 Å². The van der Waals surface area contributed by atoms with Crippen molar-refractivity contribution >= 4 is 5.78 Å². The normalized spacial score (nSPS) is 14.1. The van der Waals surface area contributed by atoms with Crippen molar-refractivity contribution in [1.82, 2.24) is 0 Å². The molecular formula is C19H28O. The van der Waals surface area contributed by atoms with Gasteiger partial charge < -0.3 is 0 Å². The number of rotatable bonds is 7. The van der Waals surface area contributed by atoms with E-state index in [1.54, 1.807) is 0 Å². The first-order valence-corrected chi connectivity index (χ1v) is 8.44. The Labute approximate surface area is 123 Å². The zero-order chi connectivity index (χ0) is 14.4. The summed E-state index contributed by atoms with van der Waals surface area (Å²) in [5, 5.41) is 0. The lowest BCUT2D eigenvalue weighted by atomic mass is 9.85. The molecule has 0 aromatic heterocycles. The summed E-state index contributed by atoms with van der Waals surface area (Å²) in [6, 6.07) is 4.58. The van der Waals surface area contributed by atoms with Crippen LogP contribution < -0.4 is 0 Å². The number of benzene rings is 1. The van der Waals surface area contributed by atoms with Gasteiger partial charge in [-0.05, 0) is 67.7 Å². The average molecular weight is 272 g/mol. The highest BCUT2D eigenvalue weighted by atomic mass is 16.1. The Bertz CT molecular complexity index is 459. The molecule has 0 bridgehead atoms. The fourth-order valence-corrected chi connectivity index (χ4v) is 3.14. The van der Waals surface area contributed by atoms with Gasteiger partial charge >= 0.3 is 0 Å². The fourth-order valence-electron chi connectivity index (χ4n) is 3.14. The molecule has 0 saturated carbocycles. The third-order valence-corrected chi connectivity index (χ3v) is 4.43. The van der Waals surface area contributed by atoms with E-state index in [0.29, 0.717) is 12.2 Å². The summed E-state index contributed by atoms with van der Waals surface area (Å²) < 4.78 is 0. The van der Waals surface area contributed by atoms with Gasteiger partial charge in [-0.25, -0.2) is 0 Å². The predicted octanol–water partition coefficient (Wildman–Crippen LogP) is 5.28. The number of carbonyl (C=O) groups is 1. The minimum Gasteiger partial charge on any atom is -0.294 e. The van der Waals surface area contributed by atoms with E-state index in [1.807, 2.05) is 0 Å². The third-order valence-electron chi connectivity index (χ3n) is 4.43. The molecule has 0 saturated heterocycles. The molecule has 1 aromatic carbocycles. The molecule has 0 aliphatic heterocycles. The van der Waals surface area contributed by atoms with E-state index in [0.717, 1.165) is 31.2 Å². The highest BCUT2D eigenvalue weighted by Crippen LogP contribution is 2.27. The van der Waals surface area contributed by atoms with Crippen molar-refractivity contribution in [2.24, 2.45) is 0 Å². The lowest BCUT2D eigenvalue weighted by Gasteiger charge is -2.19. The van der Waals surface area contributed by atoms with Crippen molar-refractivity contribution < 1.29 is 4.79 Å². The molecule has 1 heteroatoms. The van der Waals surface area contributed by atoms with Crippen LogP contribution in [0, 0.1) is 0 Å². The Morgan fingerprint density at radius 3 is 2.30 bits per heavy atom. The van der Waals surface area contributed by atoms with Crippen LogP contribution in [-0.4, -0.2) is 5.78 Å². The zero-order valence-electron chi connectivity index (χ0n) is 13.1. The van der Waals surface area contributed by atoms with Gasteiger partial charge in [-0.2, -0.15) is 0 Å². The first-order chi connectivity index (χ1) is 9.76. The van der Waals surface area contributed by atoms with Gasteiger partial charge in [-0.1, -0.05) is 32.8 Å². The average Bonchev–Trinajstić information content (AvgIpc) is 2.49. The van der Waals surface area contributed by atoms with Crippen molar-refractivity contribution in [3.63, 3.8) is 0 Å². The molecule has 1 nitrogen and oxygen atoms in total. The number of hydrogen-bond donors (Lipinski definition) is 0. The Balaban J connectivity index is 2.28. The fraction of sp³-hybridized carbons (Fsp3) is 0.632. The maximum atomic E-state index is 12.5. The topological polar surface area (TPSA) is 17.1 Å². The summed E-state index contributed by atoms with van der Waals surface area (Å²) in [6.07, 6.45) is 11.2. The monoisotopic (exact) mass is 272 g/mol. The molecule has 0 unspecified atom stereocenters. The van der Waals surface area contributed by atoms with Crippen molar-refractivity contribution in [3.8, 4) is 0 Å². The molecular weight excluding hydrogens is 244 g/mol. The molecule has 1 aliphatic rings. The highest BCUT2D eigenvalue weighted by Gasteiger charge is 2.17. The number of ketones is 1. The maximum absolute atomic E-state index is 12.5. The van der Waals surface area contributed by atoms with Crippen LogP contribution in [0.3, 0.4) is 0 Å². The van der Waals surface area contributed by atoms with Crippen molar-refractivity contribution in [3.05, 3.63) is 34.4 Å². The van der Waals surface area contributed by atoms with Gasteiger partial charge in [0.2, 0.25) is 0 Å². The molecule has 0 N–H and O–H groups in total. The second kappa shape index (κ2) is 7.61. The van der Waals surface area contributed by atoms with E-state index < -0.39 is 0 Å². The molecule has 0 heterocycles. The van der Waals surface area contributed by atoms with E-state index >= 15 is 0 Å². The molecule has 1 aromatic rings. The molecule has 0 atom stereocenters. The lowest BCUT2D eigenvalue weighted by molar-refractivity contribution is 0.0978. The van der Waals surface area contributed by atoms with Crippen LogP contribution in [0.1, 0.15) is 85.8 Å². The van der Waals surface area contributed by atoms with Gasteiger partial charge in [0.25, 0.3) is 0 Å². The Morgan fingerprint density at radius 1 is 1.00 bits per heavy atom. The van der Waals surface area contributed by atoms with E-state index in [1.165, 1.54) is 48.8 Å². The first kappa shape index (κ1) is 15.3. The van der Waals surface area contributed by atoms with Crippen LogP contribution in [0.15, 0.2) is 12.1 Å². The molecule has 110 valence electrons. The van der Waals surface area contributed by atoms with E-state index in [4.69, 9.17) is 0 Å².